The Morgan fingerprint density at radius 2 is 2.38 bits per heavy atom. The maximum absolute atomic E-state index is 11.7. The SMILES string of the molecule is CC1OCCC1CNC(=O)CC1CCCN1. The fourth-order valence-corrected chi connectivity index (χ4v) is 2.52. The van der Waals surface area contributed by atoms with Gasteiger partial charge in [-0.05, 0) is 32.7 Å². The lowest BCUT2D eigenvalue weighted by Gasteiger charge is -2.16. The molecule has 1 amide bonds. The van der Waals surface area contributed by atoms with Gasteiger partial charge in [0, 0.05) is 31.5 Å². The predicted molar refractivity (Wildman–Crippen MR) is 62.2 cm³/mol. The Hall–Kier alpha value is -0.610. The molecule has 0 aromatic rings. The molecule has 2 N–H and O–H groups in total. The van der Waals surface area contributed by atoms with Gasteiger partial charge >= 0.3 is 0 Å². The summed E-state index contributed by atoms with van der Waals surface area (Å²) in [5.74, 6) is 0.680. The zero-order chi connectivity index (χ0) is 11.4. The highest BCUT2D eigenvalue weighted by Crippen LogP contribution is 2.19. The Kier molecular flexibility index (Phi) is 4.18. The molecule has 3 unspecified atom stereocenters. The van der Waals surface area contributed by atoms with Crippen LogP contribution in [0.5, 0.6) is 0 Å². The first-order valence-corrected chi connectivity index (χ1v) is 6.37. The molecule has 2 aliphatic rings. The van der Waals surface area contributed by atoms with Crippen molar-refractivity contribution in [2.75, 3.05) is 19.7 Å². The van der Waals surface area contributed by atoms with E-state index in [9.17, 15) is 4.79 Å². The van der Waals surface area contributed by atoms with E-state index in [4.69, 9.17) is 4.74 Å². The first kappa shape index (κ1) is 11.9. The van der Waals surface area contributed by atoms with Crippen LogP contribution in [-0.2, 0) is 9.53 Å². The van der Waals surface area contributed by atoms with Gasteiger partial charge < -0.3 is 15.4 Å². The second-order valence-corrected chi connectivity index (χ2v) is 4.93. The summed E-state index contributed by atoms with van der Waals surface area (Å²) >= 11 is 0. The minimum Gasteiger partial charge on any atom is -0.378 e. The van der Waals surface area contributed by atoms with Gasteiger partial charge in [-0.25, -0.2) is 0 Å². The molecule has 2 fully saturated rings. The van der Waals surface area contributed by atoms with E-state index < -0.39 is 0 Å². The second kappa shape index (κ2) is 5.64. The van der Waals surface area contributed by atoms with Crippen molar-refractivity contribution in [2.45, 2.75) is 44.8 Å². The van der Waals surface area contributed by atoms with E-state index in [1.807, 2.05) is 0 Å². The number of hydrogen-bond donors (Lipinski definition) is 2. The van der Waals surface area contributed by atoms with Crippen molar-refractivity contribution in [3.63, 3.8) is 0 Å². The highest BCUT2D eigenvalue weighted by Gasteiger charge is 2.25. The van der Waals surface area contributed by atoms with Crippen LogP contribution in [-0.4, -0.2) is 37.7 Å². The summed E-state index contributed by atoms with van der Waals surface area (Å²) in [6.45, 7) is 4.76. The minimum atomic E-state index is 0.179. The molecule has 0 aliphatic carbocycles. The lowest BCUT2D eigenvalue weighted by atomic mass is 10.0. The quantitative estimate of drug-likeness (QED) is 0.741. The van der Waals surface area contributed by atoms with Gasteiger partial charge in [-0.15, -0.1) is 0 Å². The van der Waals surface area contributed by atoms with E-state index in [-0.39, 0.29) is 5.91 Å². The van der Waals surface area contributed by atoms with Gasteiger partial charge in [-0.1, -0.05) is 0 Å². The molecule has 92 valence electrons. The predicted octanol–water partition coefficient (Wildman–Crippen LogP) is 0.670. The summed E-state index contributed by atoms with van der Waals surface area (Å²) in [5.41, 5.74) is 0. The molecular weight excluding hydrogens is 204 g/mol. The third-order valence-electron chi connectivity index (χ3n) is 3.69. The van der Waals surface area contributed by atoms with Crippen LogP contribution in [0.1, 0.15) is 32.6 Å². The molecule has 4 heteroatoms. The highest BCUT2D eigenvalue weighted by atomic mass is 16.5. The van der Waals surface area contributed by atoms with Crippen LogP contribution >= 0.6 is 0 Å². The van der Waals surface area contributed by atoms with Crippen LogP contribution in [0.3, 0.4) is 0 Å². The first-order chi connectivity index (χ1) is 7.75. The number of nitrogens with one attached hydrogen (secondary N) is 2. The zero-order valence-electron chi connectivity index (χ0n) is 10.00. The average Bonchev–Trinajstić information content (AvgIpc) is 2.87. The molecule has 0 aromatic carbocycles. The summed E-state index contributed by atoms with van der Waals surface area (Å²) in [6, 6.07) is 0.400. The Bertz CT molecular complexity index is 239. The van der Waals surface area contributed by atoms with E-state index in [0.29, 0.717) is 24.5 Å². The minimum absolute atomic E-state index is 0.179. The Balaban J connectivity index is 1.63. The molecule has 2 saturated heterocycles. The Morgan fingerprint density at radius 1 is 1.50 bits per heavy atom. The van der Waals surface area contributed by atoms with Gasteiger partial charge in [-0.3, -0.25) is 4.79 Å². The third-order valence-corrected chi connectivity index (χ3v) is 3.69. The Labute approximate surface area is 97.1 Å². The summed E-state index contributed by atoms with van der Waals surface area (Å²) < 4.78 is 5.47. The molecule has 0 aromatic heterocycles. The number of carbonyl (C=O) groups is 1. The van der Waals surface area contributed by atoms with Crippen LogP contribution in [0.2, 0.25) is 0 Å². The van der Waals surface area contributed by atoms with Gasteiger partial charge in [0.05, 0.1) is 6.10 Å². The van der Waals surface area contributed by atoms with E-state index >= 15 is 0 Å². The number of amides is 1. The molecule has 2 rings (SSSR count). The number of ether oxygens (including phenoxy) is 1. The molecular formula is C12H22N2O2. The van der Waals surface area contributed by atoms with Crippen LogP contribution in [0.4, 0.5) is 0 Å². The normalized spacial score (nSPS) is 34.2. The maximum Gasteiger partial charge on any atom is 0.221 e. The molecule has 2 heterocycles. The fraction of sp³-hybridized carbons (Fsp3) is 0.917. The van der Waals surface area contributed by atoms with Gasteiger partial charge in [0.1, 0.15) is 0 Å². The van der Waals surface area contributed by atoms with Crippen molar-refractivity contribution < 1.29 is 9.53 Å². The summed E-state index contributed by atoms with van der Waals surface area (Å²) in [6.07, 6.45) is 4.33. The molecule has 2 aliphatic heterocycles. The Morgan fingerprint density at radius 3 is 3.00 bits per heavy atom. The van der Waals surface area contributed by atoms with Crippen LogP contribution < -0.4 is 10.6 Å². The molecule has 0 bridgehead atoms. The van der Waals surface area contributed by atoms with Gasteiger partial charge in [0.15, 0.2) is 0 Å². The lowest BCUT2D eigenvalue weighted by Crippen LogP contribution is -2.35. The van der Waals surface area contributed by atoms with E-state index in [1.54, 1.807) is 0 Å². The second-order valence-electron chi connectivity index (χ2n) is 4.93. The molecule has 0 radical (unpaired) electrons. The van der Waals surface area contributed by atoms with Crippen LogP contribution in [0.25, 0.3) is 0 Å². The van der Waals surface area contributed by atoms with E-state index in [0.717, 1.165) is 32.5 Å². The monoisotopic (exact) mass is 226 g/mol. The van der Waals surface area contributed by atoms with Crippen molar-refractivity contribution in [3.05, 3.63) is 0 Å². The van der Waals surface area contributed by atoms with Crippen molar-refractivity contribution in [1.29, 1.82) is 0 Å². The lowest BCUT2D eigenvalue weighted by molar-refractivity contribution is -0.121. The molecule has 0 saturated carbocycles. The maximum atomic E-state index is 11.7. The number of hydrogen-bond acceptors (Lipinski definition) is 3. The largest absolute Gasteiger partial charge is 0.378 e. The smallest absolute Gasteiger partial charge is 0.221 e. The van der Waals surface area contributed by atoms with Crippen molar-refractivity contribution in [1.82, 2.24) is 10.6 Å². The molecule has 16 heavy (non-hydrogen) atoms. The first-order valence-electron chi connectivity index (χ1n) is 6.37. The average molecular weight is 226 g/mol. The van der Waals surface area contributed by atoms with E-state index in [2.05, 4.69) is 17.6 Å². The zero-order valence-corrected chi connectivity index (χ0v) is 10.00. The standard InChI is InChI=1S/C12H22N2O2/c1-9-10(4-6-16-9)8-14-12(15)7-11-3-2-5-13-11/h9-11,13H,2-8H2,1H3,(H,14,15). The summed E-state index contributed by atoms with van der Waals surface area (Å²) in [7, 11) is 0. The van der Waals surface area contributed by atoms with E-state index in [1.165, 1.54) is 6.42 Å². The number of rotatable bonds is 4. The van der Waals surface area contributed by atoms with Crippen LogP contribution in [0, 0.1) is 5.92 Å². The fourth-order valence-electron chi connectivity index (χ4n) is 2.52. The number of carbonyl (C=O) groups excluding carboxylic acids is 1. The van der Waals surface area contributed by atoms with Gasteiger partial charge in [0.2, 0.25) is 5.91 Å². The van der Waals surface area contributed by atoms with Crippen molar-refractivity contribution in [2.24, 2.45) is 5.92 Å². The van der Waals surface area contributed by atoms with Gasteiger partial charge in [-0.2, -0.15) is 0 Å². The molecule has 0 spiro atoms. The van der Waals surface area contributed by atoms with Crippen molar-refractivity contribution >= 4 is 5.91 Å². The molecule has 3 atom stereocenters. The van der Waals surface area contributed by atoms with Crippen LogP contribution in [0.15, 0.2) is 0 Å². The summed E-state index contributed by atoms with van der Waals surface area (Å²) in [4.78, 5) is 11.7. The third kappa shape index (κ3) is 3.19. The highest BCUT2D eigenvalue weighted by molar-refractivity contribution is 5.76. The van der Waals surface area contributed by atoms with Crippen molar-refractivity contribution in [3.8, 4) is 0 Å². The van der Waals surface area contributed by atoms with Gasteiger partial charge in [0.25, 0.3) is 0 Å². The topological polar surface area (TPSA) is 50.4 Å². The summed E-state index contributed by atoms with van der Waals surface area (Å²) in [5, 5.41) is 6.36. The molecule has 4 nitrogen and oxygen atoms in total.